The zero-order valence-corrected chi connectivity index (χ0v) is 23.6. The molecule has 0 radical (unpaired) electrons. The van der Waals surface area contributed by atoms with Gasteiger partial charge in [0, 0.05) is 19.0 Å². The lowest BCUT2D eigenvalue weighted by molar-refractivity contribution is 0.0380. The fraction of sp³-hybridized carbons (Fsp3) is 0.500. The minimum absolute atomic E-state index is 0.0717. The summed E-state index contributed by atoms with van der Waals surface area (Å²) in [6.45, 7) is 11.3. The van der Waals surface area contributed by atoms with Crippen LogP contribution in [-0.4, -0.2) is 66.2 Å². The van der Waals surface area contributed by atoms with Gasteiger partial charge < -0.3 is 29.7 Å². The maximum absolute atomic E-state index is 13.3. The standard InChI is InChI=1S/C30H39N3O6/c1-29(2,3)38-26(34)31-19-15-20(32-27(35)39-30(4,5)6)17-33(16-19)28(36)37-18-25-23-13-9-7-11-21(23)22-12-8-10-14-24(22)25/h7-14,19-20,25H,15-18H2,1-6H3,(H,31,34)(H,32,35)/t19-,20-/m0/s1. The first-order chi connectivity index (χ1) is 18.3. The average Bonchev–Trinajstić information content (AvgIpc) is 3.13. The molecule has 0 saturated carbocycles. The third-order valence-electron chi connectivity index (χ3n) is 6.49. The van der Waals surface area contributed by atoms with Gasteiger partial charge in [0.25, 0.3) is 0 Å². The van der Waals surface area contributed by atoms with Crippen molar-refractivity contribution >= 4 is 18.3 Å². The molecule has 9 heteroatoms. The third-order valence-corrected chi connectivity index (χ3v) is 6.49. The maximum atomic E-state index is 13.3. The number of hydrogen-bond donors (Lipinski definition) is 2. The summed E-state index contributed by atoms with van der Waals surface area (Å²) in [6, 6.07) is 15.4. The van der Waals surface area contributed by atoms with E-state index in [9.17, 15) is 14.4 Å². The van der Waals surface area contributed by atoms with E-state index in [1.165, 1.54) is 4.90 Å². The van der Waals surface area contributed by atoms with Gasteiger partial charge in [0.2, 0.25) is 0 Å². The highest BCUT2D eigenvalue weighted by Crippen LogP contribution is 2.44. The quantitative estimate of drug-likeness (QED) is 0.504. The molecule has 4 rings (SSSR count). The molecule has 1 aliphatic carbocycles. The van der Waals surface area contributed by atoms with Crippen molar-refractivity contribution in [3.63, 3.8) is 0 Å². The number of likely N-dealkylation sites (tertiary alicyclic amines) is 1. The lowest BCUT2D eigenvalue weighted by Gasteiger charge is -2.38. The van der Waals surface area contributed by atoms with Crippen molar-refractivity contribution in [2.75, 3.05) is 19.7 Å². The predicted octanol–water partition coefficient (Wildman–Crippen LogP) is 5.43. The summed E-state index contributed by atoms with van der Waals surface area (Å²) in [6.07, 6.45) is -1.27. The first-order valence-electron chi connectivity index (χ1n) is 13.4. The van der Waals surface area contributed by atoms with Crippen LogP contribution in [0.25, 0.3) is 11.1 Å². The van der Waals surface area contributed by atoms with E-state index in [4.69, 9.17) is 14.2 Å². The van der Waals surface area contributed by atoms with Crippen molar-refractivity contribution in [1.82, 2.24) is 15.5 Å². The Hall–Kier alpha value is -3.75. The SMILES string of the molecule is CC(C)(C)OC(=O)N[C@H]1C[C@H](NC(=O)OC(C)(C)C)CN(C(=O)OCC2c3ccccc3-c3ccccc32)C1. The van der Waals surface area contributed by atoms with Gasteiger partial charge in [-0.25, -0.2) is 14.4 Å². The van der Waals surface area contributed by atoms with E-state index in [-0.39, 0.29) is 25.6 Å². The van der Waals surface area contributed by atoms with Gasteiger partial charge in [-0.05, 0) is 70.2 Å². The molecule has 2 aliphatic rings. The van der Waals surface area contributed by atoms with Gasteiger partial charge in [-0.15, -0.1) is 0 Å². The highest BCUT2D eigenvalue weighted by atomic mass is 16.6. The van der Waals surface area contributed by atoms with Crippen LogP contribution in [0.15, 0.2) is 48.5 Å². The lowest BCUT2D eigenvalue weighted by Crippen LogP contribution is -2.59. The van der Waals surface area contributed by atoms with Crippen LogP contribution < -0.4 is 10.6 Å². The molecule has 3 amide bonds. The van der Waals surface area contributed by atoms with Crippen molar-refractivity contribution in [3.8, 4) is 11.1 Å². The van der Waals surface area contributed by atoms with Crippen LogP contribution in [0.1, 0.15) is 65.0 Å². The van der Waals surface area contributed by atoms with Gasteiger partial charge in [-0.2, -0.15) is 0 Å². The zero-order chi connectivity index (χ0) is 28.4. The molecular weight excluding hydrogens is 498 g/mol. The van der Waals surface area contributed by atoms with Crippen LogP contribution in [0.2, 0.25) is 0 Å². The van der Waals surface area contributed by atoms with Gasteiger partial charge >= 0.3 is 18.3 Å². The Kier molecular flexibility index (Phi) is 8.09. The van der Waals surface area contributed by atoms with Crippen LogP contribution in [0, 0.1) is 0 Å². The smallest absolute Gasteiger partial charge is 0.409 e. The van der Waals surface area contributed by atoms with E-state index in [0.29, 0.717) is 6.42 Å². The maximum Gasteiger partial charge on any atom is 0.409 e. The van der Waals surface area contributed by atoms with Crippen LogP contribution in [0.5, 0.6) is 0 Å². The fourth-order valence-electron chi connectivity index (χ4n) is 5.09. The number of hydrogen-bond acceptors (Lipinski definition) is 6. The Morgan fingerprint density at radius 2 is 1.21 bits per heavy atom. The molecule has 0 spiro atoms. The number of ether oxygens (including phenoxy) is 3. The van der Waals surface area contributed by atoms with Crippen LogP contribution >= 0.6 is 0 Å². The topological polar surface area (TPSA) is 106 Å². The van der Waals surface area contributed by atoms with E-state index < -0.39 is 41.6 Å². The van der Waals surface area contributed by atoms with E-state index >= 15 is 0 Å². The number of benzene rings is 2. The Balaban J connectivity index is 1.45. The molecule has 1 fully saturated rings. The van der Waals surface area contributed by atoms with Crippen LogP contribution in [-0.2, 0) is 14.2 Å². The number of nitrogens with zero attached hydrogens (tertiary/aromatic N) is 1. The zero-order valence-electron chi connectivity index (χ0n) is 23.6. The van der Waals surface area contributed by atoms with Crippen molar-refractivity contribution in [3.05, 3.63) is 59.7 Å². The second-order valence-corrected chi connectivity index (χ2v) is 12.1. The molecule has 2 atom stereocenters. The minimum atomic E-state index is -0.667. The van der Waals surface area contributed by atoms with E-state index in [2.05, 4.69) is 34.9 Å². The van der Waals surface area contributed by atoms with Gasteiger partial charge in [-0.3, -0.25) is 0 Å². The van der Waals surface area contributed by atoms with Gasteiger partial charge in [0.1, 0.15) is 17.8 Å². The molecule has 2 N–H and O–H groups in total. The molecule has 0 unspecified atom stereocenters. The summed E-state index contributed by atoms with van der Waals surface area (Å²) in [5, 5.41) is 5.66. The highest BCUT2D eigenvalue weighted by molar-refractivity contribution is 5.79. The molecule has 0 aromatic heterocycles. The van der Waals surface area contributed by atoms with Crippen molar-refractivity contribution < 1.29 is 28.6 Å². The highest BCUT2D eigenvalue weighted by Gasteiger charge is 2.35. The number of fused-ring (bicyclic) bond motifs is 3. The summed E-state index contributed by atoms with van der Waals surface area (Å²) in [5.41, 5.74) is 3.21. The molecule has 210 valence electrons. The van der Waals surface area contributed by atoms with Crippen LogP contribution in [0.4, 0.5) is 14.4 Å². The van der Waals surface area contributed by atoms with Crippen molar-refractivity contribution in [2.45, 2.75) is 77.2 Å². The molecular formula is C30H39N3O6. The second-order valence-electron chi connectivity index (χ2n) is 12.1. The Labute approximate surface area is 230 Å². The predicted molar refractivity (Wildman–Crippen MR) is 148 cm³/mol. The Bertz CT molecular complexity index is 1130. The van der Waals surface area contributed by atoms with Crippen LogP contribution in [0.3, 0.4) is 0 Å². The monoisotopic (exact) mass is 537 g/mol. The number of carbonyl (C=O) groups is 3. The normalized spacial score (nSPS) is 19.0. The molecule has 1 aliphatic heterocycles. The number of piperidine rings is 1. The molecule has 0 bridgehead atoms. The number of rotatable bonds is 4. The van der Waals surface area contributed by atoms with E-state index in [1.54, 1.807) is 41.5 Å². The number of amides is 3. The van der Waals surface area contributed by atoms with E-state index in [0.717, 1.165) is 22.3 Å². The lowest BCUT2D eigenvalue weighted by atomic mass is 9.98. The largest absolute Gasteiger partial charge is 0.448 e. The summed E-state index contributed by atoms with van der Waals surface area (Å²) in [4.78, 5) is 39.8. The van der Waals surface area contributed by atoms with Gasteiger partial charge in [-0.1, -0.05) is 48.5 Å². The number of nitrogens with one attached hydrogen (secondary N) is 2. The summed E-state index contributed by atoms with van der Waals surface area (Å²) < 4.78 is 16.7. The number of carbonyl (C=O) groups excluding carboxylic acids is 3. The fourth-order valence-corrected chi connectivity index (χ4v) is 5.09. The Morgan fingerprint density at radius 1 is 0.769 bits per heavy atom. The summed E-state index contributed by atoms with van der Waals surface area (Å²) in [7, 11) is 0. The molecule has 2 aromatic rings. The molecule has 39 heavy (non-hydrogen) atoms. The molecule has 9 nitrogen and oxygen atoms in total. The number of alkyl carbamates (subject to hydrolysis) is 2. The average molecular weight is 538 g/mol. The molecule has 1 heterocycles. The first-order valence-corrected chi connectivity index (χ1v) is 13.4. The van der Waals surface area contributed by atoms with E-state index in [1.807, 2.05) is 24.3 Å². The van der Waals surface area contributed by atoms with Gasteiger partial charge in [0.05, 0.1) is 12.1 Å². The van der Waals surface area contributed by atoms with Crippen molar-refractivity contribution in [1.29, 1.82) is 0 Å². The summed E-state index contributed by atoms with van der Waals surface area (Å²) in [5.74, 6) is -0.0717. The summed E-state index contributed by atoms with van der Waals surface area (Å²) >= 11 is 0. The van der Waals surface area contributed by atoms with Gasteiger partial charge in [0.15, 0.2) is 0 Å². The minimum Gasteiger partial charge on any atom is -0.448 e. The molecule has 2 aromatic carbocycles. The molecule has 1 saturated heterocycles. The second kappa shape index (κ2) is 11.2. The first kappa shape index (κ1) is 28.3. The third kappa shape index (κ3) is 7.43. The Morgan fingerprint density at radius 3 is 1.64 bits per heavy atom. The van der Waals surface area contributed by atoms with Crippen molar-refractivity contribution in [2.24, 2.45) is 0 Å².